The predicted octanol–water partition coefficient (Wildman–Crippen LogP) is 0.103. The normalized spacial score (nSPS) is 15.7. The van der Waals surface area contributed by atoms with Crippen molar-refractivity contribution in [2.45, 2.75) is 0 Å². The van der Waals surface area contributed by atoms with Crippen molar-refractivity contribution in [3.63, 3.8) is 0 Å². The highest BCUT2D eigenvalue weighted by molar-refractivity contribution is 5.24. The highest BCUT2D eigenvalue weighted by atomic mass is 16.6. The van der Waals surface area contributed by atoms with Gasteiger partial charge in [0.2, 0.25) is 0 Å². The van der Waals surface area contributed by atoms with E-state index in [2.05, 4.69) is 10.7 Å². The van der Waals surface area contributed by atoms with E-state index in [9.17, 15) is 10.1 Å². The van der Waals surface area contributed by atoms with Crippen molar-refractivity contribution in [2.24, 2.45) is 0 Å². The summed E-state index contributed by atoms with van der Waals surface area (Å²) in [5.41, 5.74) is 3.91. The molecule has 0 bridgehead atoms. The Morgan fingerprint density at radius 2 is 2.39 bits per heavy atom. The van der Waals surface area contributed by atoms with Gasteiger partial charge in [-0.25, -0.2) is 5.01 Å². The quantitative estimate of drug-likeness (QED) is 0.517. The third-order valence-electron chi connectivity index (χ3n) is 2.17. The molecule has 0 aromatic rings. The summed E-state index contributed by atoms with van der Waals surface area (Å²) in [4.78, 5) is 12.0. The fourth-order valence-electron chi connectivity index (χ4n) is 1.51. The molecule has 0 fully saturated rings. The molecule has 100 valence electrons. The minimum atomic E-state index is -0.490. The Kier molecular flexibility index (Phi) is 5.19. The molecule has 2 N–H and O–H groups in total. The van der Waals surface area contributed by atoms with Crippen LogP contribution >= 0.6 is 0 Å². The van der Waals surface area contributed by atoms with E-state index in [0.717, 1.165) is 18.3 Å². The van der Waals surface area contributed by atoms with Gasteiger partial charge in [-0.3, -0.25) is 10.1 Å². The lowest BCUT2D eigenvalue weighted by Gasteiger charge is -2.20. The smallest absolute Gasteiger partial charge is 0.275 e. The fourth-order valence-corrected chi connectivity index (χ4v) is 1.51. The van der Waals surface area contributed by atoms with Crippen molar-refractivity contribution >= 4 is 0 Å². The minimum absolute atomic E-state index is 0.354. The molecule has 1 aliphatic rings. The van der Waals surface area contributed by atoms with Gasteiger partial charge in [0.25, 0.3) is 6.20 Å². The predicted molar refractivity (Wildman–Crippen MR) is 69.8 cm³/mol. The highest BCUT2D eigenvalue weighted by Gasteiger charge is 2.06. The van der Waals surface area contributed by atoms with Crippen LogP contribution in [0.3, 0.4) is 0 Å². The Balaban J connectivity index is 2.57. The van der Waals surface area contributed by atoms with Crippen molar-refractivity contribution < 1.29 is 4.92 Å². The van der Waals surface area contributed by atoms with E-state index in [0.29, 0.717) is 12.4 Å². The molecule has 18 heavy (non-hydrogen) atoms. The summed E-state index contributed by atoms with van der Waals surface area (Å²) in [6.07, 6.45) is 6.98. The van der Waals surface area contributed by atoms with Crippen molar-refractivity contribution in [3.8, 4) is 0 Å². The molecule has 0 saturated carbocycles. The van der Waals surface area contributed by atoms with Gasteiger partial charge in [-0.15, -0.1) is 0 Å². The van der Waals surface area contributed by atoms with Gasteiger partial charge < -0.3 is 15.6 Å². The van der Waals surface area contributed by atoms with Crippen molar-refractivity contribution in [1.82, 2.24) is 20.7 Å². The monoisotopic (exact) mass is 253 g/mol. The molecule has 0 aromatic heterocycles. The van der Waals surface area contributed by atoms with Crippen LogP contribution in [0, 0.1) is 10.1 Å². The molecule has 1 heterocycles. The molecule has 1 aliphatic heterocycles. The van der Waals surface area contributed by atoms with Gasteiger partial charge in [0.15, 0.2) is 5.82 Å². The number of hydrogen-bond donors (Lipinski definition) is 2. The first kappa shape index (κ1) is 14.0. The van der Waals surface area contributed by atoms with Crippen LogP contribution in [0.4, 0.5) is 0 Å². The van der Waals surface area contributed by atoms with E-state index in [1.165, 1.54) is 0 Å². The summed E-state index contributed by atoms with van der Waals surface area (Å²) in [5.74, 6) is 0.354. The Bertz CT molecular complexity index is 387. The zero-order valence-electron chi connectivity index (χ0n) is 10.9. The summed E-state index contributed by atoms with van der Waals surface area (Å²) >= 11 is 0. The van der Waals surface area contributed by atoms with E-state index in [4.69, 9.17) is 0 Å². The van der Waals surface area contributed by atoms with Crippen molar-refractivity contribution in [2.75, 3.05) is 34.2 Å². The topological polar surface area (TPSA) is 73.7 Å². The van der Waals surface area contributed by atoms with Crippen LogP contribution < -0.4 is 10.7 Å². The minimum Gasteiger partial charge on any atom is -0.376 e. The molecule has 0 aromatic carbocycles. The third kappa shape index (κ3) is 5.35. The summed E-state index contributed by atoms with van der Waals surface area (Å²) < 4.78 is 0. The zero-order chi connectivity index (χ0) is 13.5. The Morgan fingerprint density at radius 1 is 1.67 bits per heavy atom. The maximum Gasteiger partial charge on any atom is 0.275 e. The average molecular weight is 253 g/mol. The van der Waals surface area contributed by atoms with E-state index in [1.807, 2.05) is 30.3 Å². The van der Waals surface area contributed by atoms with Crippen LogP contribution in [-0.2, 0) is 0 Å². The average Bonchev–Trinajstić information content (AvgIpc) is 2.24. The number of nitrogens with zero attached hydrogens (tertiary/aromatic N) is 3. The second kappa shape index (κ2) is 6.65. The molecule has 0 saturated heterocycles. The van der Waals surface area contributed by atoms with E-state index in [-0.39, 0.29) is 0 Å². The first-order valence-electron chi connectivity index (χ1n) is 5.58. The van der Waals surface area contributed by atoms with Crippen molar-refractivity contribution in [3.05, 3.63) is 46.1 Å². The molecule has 0 radical (unpaired) electrons. The molecular formula is C11H19N5O2. The lowest BCUT2D eigenvalue weighted by molar-refractivity contribution is -0.404. The van der Waals surface area contributed by atoms with Crippen LogP contribution in [0.5, 0.6) is 0 Å². The fraction of sp³-hybridized carbons (Fsp3) is 0.455. The van der Waals surface area contributed by atoms with Gasteiger partial charge in [0.05, 0.1) is 4.92 Å². The maximum atomic E-state index is 10.5. The Hall–Kier alpha value is -2.02. The highest BCUT2D eigenvalue weighted by Crippen LogP contribution is 2.04. The number of nitro groups is 1. The standard InChI is InChI=1S/C11H19N5O2/c1-14(2)13-11(9-16(17)18)12-7-10-5-4-6-15(3)8-10/h4-5,8-9,12-13H,6-7H2,1-3H3. The van der Waals surface area contributed by atoms with Gasteiger partial charge in [-0.05, 0) is 5.57 Å². The molecular weight excluding hydrogens is 234 g/mol. The molecule has 0 amide bonds. The lowest BCUT2D eigenvalue weighted by atomic mass is 10.2. The number of hydrazine groups is 1. The SMILES string of the molecule is CN1C=C(CNC(=C[N+](=O)[O-])NN(C)C)C=CC1. The second-order valence-electron chi connectivity index (χ2n) is 4.23. The maximum absolute atomic E-state index is 10.5. The number of likely N-dealkylation sites (N-methyl/N-ethyl adjacent to an activating group) is 1. The van der Waals surface area contributed by atoms with Gasteiger partial charge in [-0.2, -0.15) is 0 Å². The van der Waals surface area contributed by atoms with Gasteiger partial charge in [0.1, 0.15) is 0 Å². The summed E-state index contributed by atoms with van der Waals surface area (Å²) in [5, 5.41) is 15.1. The van der Waals surface area contributed by atoms with Gasteiger partial charge >= 0.3 is 0 Å². The Morgan fingerprint density at radius 3 is 2.94 bits per heavy atom. The number of hydrogen-bond acceptors (Lipinski definition) is 6. The molecule has 7 heteroatoms. The van der Waals surface area contributed by atoms with E-state index < -0.39 is 4.92 Å². The molecule has 0 aliphatic carbocycles. The molecule has 7 nitrogen and oxygen atoms in total. The third-order valence-corrected chi connectivity index (χ3v) is 2.17. The first-order chi connectivity index (χ1) is 8.47. The number of rotatable bonds is 6. The van der Waals surface area contributed by atoms with Crippen LogP contribution in [0.15, 0.2) is 35.9 Å². The molecule has 1 rings (SSSR count). The zero-order valence-corrected chi connectivity index (χ0v) is 10.9. The van der Waals surface area contributed by atoms with Crippen LogP contribution in [0.25, 0.3) is 0 Å². The molecule has 0 atom stereocenters. The van der Waals surface area contributed by atoms with Crippen molar-refractivity contribution in [1.29, 1.82) is 0 Å². The molecule has 0 unspecified atom stereocenters. The summed E-state index contributed by atoms with van der Waals surface area (Å²) in [7, 11) is 5.52. The largest absolute Gasteiger partial charge is 0.376 e. The second-order valence-corrected chi connectivity index (χ2v) is 4.23. The van der Waals surface area contributed by atoms with Crippen LogP contribution in [0.2, 0.25) is 0 Å². The van der Waals surface area contributed by atoms with Gasteiger partial charge in [0, 0.05) is 40.4 Å². The summed E-state index contributed by atoms with van der Waals surface area (Å²) in [6.45, 7) is 1.42. The summed E-state index contributed by atoms with van der Waals surface area (Å²) in [6, 6.07) is 0. The number of nitrogens with one attached hydrogen (secondary N) is 2. The van der Waals surface area contributed by atoms with Crippen LogP contribution in [0.1, 0.15) is 0 Å². The first-order valence-corrected chi connectivity index (χ1v) is 5.58. The van der Waals surface area contributed by atoms with Crippen LogP contribution in [-0.4, -0.2) is 49.1 Å². The van der Waals surface area contributed by atoms with Gasteiger partial charge in [-0.1, -0.05) is 12.2 Å². The molecule has 0 spiro atoms. The van der Waals surface area contributed by atoms with E-state index >= 15 is 0 Å². The lowest BCUT2D eigenvalue weighted by Crippen LogP contribution is -2.37. The Labute approximate surface area is 107 Å². The van der Waals surface area contributed by atoms with E-state index in [1.54, 1.807) is 19.1 Å².